The van der Waals surface area contributed by atoms with Crippen molar-refractivity contribution < 1.29 is 0 Å². The number of nitrogens with one attached hydrogen (secondary N) is 2. The minimum atomic E-state index is 0.489. The van der Waals surface area contributed by atoms with E-state index in [1.165, 1.54) is 0 Å². The summed E-state index contributed by atoms with van der Waals surface area (Å²) in [6.45, 7) is 6.28. The van der Waals surface area contributed by atoms with Crippen LogP contribution in [-0.4, -0.2) is 66.1 Å². The van der Waals surface area contributed by atoms with Gasteiger partial charge in [-0.3, -0.25) is 4.90 Å². The first-order chi connectivity index (χ1) is 10.1. The molecule has 7 heteroatoms. The quantitative estimate of drug-likeness (QED) is 0.516. The largest absolute Gasteiger partial charge is 0.368 e. The summed E-state index contributed by atoms with van der Waals surface area (Å²) in [6, 6.07) is 2.34. The normalized spacial score (nSPS) is 20.5. The van der Waals surface area contributed by atoms with Crippen molar-refractivity contribution >= 4 is 11.6 Å². The first-order valence-corrected chi connectivity index (χ1v) is 7.59. The number of nitrogens with two attached hydrogens (primary N) is 1. The van der Waals surface area contributed by atoms with Crippen LogP contribution < -0.4 is 16.6 Å². The molecule has 0 radical (unpaired) electrons. The van der Waals surface area contributed by atoms with Gasteiger partial charge in [0.2, 0.25) is 0 Å². The van der Waals surface area contributed by atoms with E-state index in [0.29, 0.717) is 11.9 Å². The topological polar surface area (TPSA) is 82.3 Å². The van der Waals surface area contributed by atoms with E-state index in [9.17, 15) is 0 Å². The van der Waals surface area contributed by atoms with Crippen LogP contribution >= 0.6 is 0 Å². The molecule has 1 aliphatic rings. The maximum atomic E-state index is 5.48. The third-order valence-corrected chi connectivity index (χ3v) is 3.89. The molecule has 1 fully saturated rings. The molecule has 0 amide bonds. The Morgan fingerprint density at radius 1 is 1.29 bits per heavy atom. The molecule has 7 nitrogen and oxygen atoms in total. The molecule has 2 rings (SSSR count). The molecule has 118 valence electrons. The number of hydrogen-bond acceptors (Lipinski definition) is 7. The third kappa shape index (κ3) is 4.52. The highest BCUT2D eigenvalue weighted by atomic mass is 15.3. The van der Waals surface area contributed by atoms with Crippen LogP contribution in [0.3, 0.4) is 0 Å². The number of anilines is 2. The molecule has 0 spiro atoms. The zero-order chi connectivity index (χ0) is 15.2. The van der Waals surface area contributed by atoms with Gasteiger partial charge in [-0.15, -0.1) is 0 Å². The number of piperazine rings is 1. The molecule has 1 atom stereocenters. The molecule has 1 unspecified atom stereocenters. The van der Waals surface area contributed by atoms with Gasteiger partial charge in [-0.05, 0) is 20.5 Å². The molecule has 0 saturated carbocycles. The van der Waals surface area contributed by atoms with Crippen molar-refractivity contribution in [2.75, 3.05) is 51.0 Å². The van der Waals surface area contributed by atoms with E-state index < -0.39 is 0 Å². The predicted octanol–water partition coefficient (Wildman–Crippen LogP) is 0.372. The average molecular weight is 293 g/mol. The Bertz CT molecular complexity index is 451. The lowest BCUT2D eigenvalue weighted by atomic mass is 10.2. The second kappa shape index (κ2) is 7.53. The maximum Gasteiger partial charge on any atom is 0.145 e. The Labute approximate surface area is 126 Å². The number of likely N-dealkylation sites (N-methyl/N-ethyl adjacent to an activating group) is 2. The van der Waals surface area contributed by atoms with Crippen LogP contribution in [-0.2, 0) is 6.42 Å². The Morgan fingerprint density at radius 3 is 2.76 bits per heavy atom. The van der Waals surface area contributed by atoms with Crippen LogP contribution in [0.25, 0.3) is 0 Å². The van der Waals surface area contributed by atoms with Crippen LogP contribution in [0.4, 0.5) is 11.6 Å². The van der Waals surface area contributed by atoms with Crippen LogP contribution in [0, 0.1) is 0 Å². The number of nitrogens with zero attached hydrogens (tertiary/aromatic N) is 4. The van der Waals surface area contributed by atoms with Crippen molar-refractivity contribution in [1.82, 2.24) is 19.8 Å². The summed E-state index contributed by atoms with van der Waals surface area (Å²) < 4.78 is 0. The van der Waals surface area contributed by atoms with E-state index in [1.54, 1.807) is 0 Å². The molecule has 4 N–H and O–H groups in total. The fraction of sp³-hybridized carbons (Fsp3) is 0.714. The van der Waals surface area contributed by atoms with Gasteiger partial charge in [0.25, 0.3) is 0 Å². The van der Waals surface area contributed by atoms with E-state index in [1.807, 2.05) is 6.07 Å². The highest BCUT2D eigenvalue weighted by molar-refractivity contribution is 5.47. The first-order valence-electron chi connectivity index (χ1n) is 7.59. The zero-order valence-electron chi connectivity index (χ0n) is 13.3. The minimum Gasteiger partial charge on any atom is -0.368 e. The molecule has 1 aromatic heterocycles. The Morgan fingerprint density at radius 2 is 2.05 bits per heavy atom. The number of hydrazine groups is 1. The first kappa shape index (κ1) is 15.9. The van der Waals surface area contributed by atoms with Crippen LogP contribution in [0.15, 0.2) is 6.07 Å². The third-order valence-electron chi connectivity index (χ3n) is 3.89. The summed E-state index contributed by atoms with van der Waals surface area (Å²) in [5, 5.41) is 3.42. The fourth-order valence-corrected chi connectivity index (χ4v) is 2.54. The number of nitrogen functional groups attached to an aromatic ring is 1. The van der Waals surface area contributed by atoms with Gasteiger partial charge in [-0.25, -0.2) is 15.8 Å². The second-order valence-electron chi connectivity index (χ2n) is 5.73. The highest BCUT2D eigenvalue weighted by Crippen LogP contribution is 2.13. The van der Waals surface area contributed by atoms with E-state index in [4.69, 9.17) is 5.84 Å². The van der Waals surface area contributed by atoms with Gasteiger partial charge in [0.1, 0.15) is 17.5 Å². The summed E-state index contributed by atoms with van der Waals surface area (Å²) >= 11 is 0. The number of hydrogen-bond donors (Lipinski definition) is 3. The number of aryl methyl sites for hydroxylation is 1. The number of rotatable bonds is 6. The van der Waals surface area contributed by atoms with Crippen LogP contribution in [0.1, 0.15) is 19.2 Å². The van der Waals surface area contributed by atoms with Crippen molar-refractivity contribution in [3.8, 4) is 0 Å². The lowest BCUT2D eigenvalue weighted by molar-refractivity contribution is 0.122. The van der Waals surface area contributed by atoms with Crippen molar-refractivity contribution in [3.63, 3.8) is 0 Å². The van der Waals surface area contributed by atoms with Crippen molar-refractivity contribution in [3.05, 3.63) is 11.9 Å². The minimum absolute atomic E-state index is 0.489. The monoisotopic (exact) mass is 293 g/mol. The summed E-state index contributed by atoms with van der Waals surface area (Å²) in [7, 11) is 4.34. The molecule has 0 aromatic carbocycles. The SMILES string of the molecule is CCCc1nc(NN)cc(NCC2CN(C)CCN2C)n1. The van der Waals surface area contributed by atoms with Crippen LogP contribution in [0.5, 0.6) is 0 Å². The molecule has 21 heavy (non-hydrogen) atoms. The summed E-state index contributed by atoms with van der Waals surface area (Å²) in [5.41, 5.74) is 2.61. The van der Waals surface area contributed by atoms with Gasteiger partial charge in [0.15, 0.2) is 0 Å². The summed E-state index contributed by atoms with van der Waals surface area (Å²) in [4.78, 5) is 13.7. The average Bonchev–Trinajstić information content (AvgIpc) is 2.48. The highest BCUT2D eigenvalue weighted by Gasteiger charge is 2.21. The number of aromatic nitrogens is 2. The van der Waals surface area contributed by atoms with E-state index in [-0.39, 0.29) is 0 Å². The van der Waals surface area contributed by atoms with Crippen molar-refractivity contribution in [2.45, 2.75) is 25.8 Å². The molecular weight excluding hydrogens is 266 g/mol. The smallest absolute Gasteiger partial charge is 0.145 e. The summed E-state index contributed by atoms with van der Waals surface area (Å²) in [5.74, 6) is 7.80. The Hall–Kier alpha value is -1.44. The summed E-state index contributed by atoms with van der Waals surface area (Å²) in [6.07, 6.45) is 1.87. The molecule has 1 saturated heterocycles. The van der Waals surface area contributed by atoms with Gasteiger partial charge < -0.3 is 15.6 Å². The van der Waals surface area contributed by atoms with Gasteiger partial charge >= 0.3 is 0 Å². The maximum absolute atomic E-state index is 5.48. The lowest BCUT2D eigenvalue weighted by Gasteiger charge is -2.37. The van der Waals surface area contributed by atoms with E-state index >= 15 is 0 Å². The van der Waals surface area contributed by atoms with E-state index in [0.717, 1.165) is 50.7 Å². The molecular formula is C14H27N7. The van der Waals surface area contributed by atoms with Gasteiger partial charge in [-0.2, -0.15) is 0 Å². The second-order valence-corrected chi connectivity index (χ2v) is 5.73. The van der Waals surface area contributed by atoms with Crippen molar-refractivity contribution in [1.29, 1.82) is 0 Å². The molecule has 2 heterocycles. The zero-order valence-corrected chi connectivity index (χ0v) is 13.3. The lowest BCUT2D eigenvalue weighted by Crippen LogP contribution is -2.52. The molecule has 0 aliphatic carbocycles. The Kier molecular flexibility index (Phi) is 5.72. The van der Waals surface area contributed by atoms with Crippen molar-refractivity contribution in [2.24, 2.45) is 5.84 Å². The van der Waals surface area contributed by atoms with Gasteiger partial charge in [0, 0.05) is 44.7 Å². The van der Waals surface area contributed by atoms with Gasteiger partial charge in [0.05, 0.1) is 0 Å². The fourth-order valence-electron chi connectivity index (χ4n) is 2.54. The Balaban J connectivity index is 1.99. The molecule has 0 bridgehead atoms. The molecule has 1 aliphatic heterocycles. The standard InChI is InChI=1S/C14H27N7/c1-4-5-12-17-13(8-14(18-12)19-15)16-9-11-10-20(2)6-7-21(11)3/h8,11H,4-7,9-10,15H2,1-3H3,(H2,16,17,18,19). The predicted molar refractivity (Wildman–Crippen MR) is 86.2 cm³/mol. The molecule has 1 aromatic rings. The van der Waals surface area contributed by atoms with E-state index in [2.05, 4.69) is 51.5 Å². The van der Waals surface area contributed by atoms with Crippen LogP contribution in [0.2, 0.25) is 0 Å². The van der Waals surface area contributed by atoms with Gasteiger partial charge in [-0.1, -0.05) is 6.92 Å².